The molecule has 0 aromatic heterocycles. The average Bonchev–Trinajstić information content (AvgIpc) is 2.63. The molecule has 1 saturated heterocycles. The molecule has 0 aliphatic carbocycles. The highest BCUT2D eigenvalue weighted by Crippen LogP contribution is 2.25. The van der Waals surface area contributed by atoms with Gasteiger partial charge in [0.1, 0.15) is 5.75 Å². The average molecular weight is 369 g/mol. The Morgan fingerprint density at radius 1 is 1.16 bits per heavy atom. The summed E-state index contributed by atoms with van der Waals surface area (Å²) in [7, 11) is -3.54. The van der Waals surface area contributed by atoms with Crippen molar-refractivity contribution in [3.8, 4) is 5.75 Å². The standard InChI is InChI=1S/C18H27NO5S/c1-3-5-14-24-16-6-8-17(9-7-16)25(21,22)19-12-10-15(11-13-19)18(20)23-4-2/h6-9,15H,3-5,10-14H2,1-2H3. The Kier molecular flexibility index (Phi) is 7.25. The molecule has 1 heterocycles. The highest BCUT2D eigenvalue weighted by Gasteiger charge is 2.32. The summed E-state index contributed by atoms with van der Waals surface area (Å²) >= 11 is 0. The van der Waals surface area contributed by atoms with Crippen molar-refractivity contribution >= 4 is 16.0 Å². The van der Waals surface area contributed by atoms with Crippen molar-refractivity contribution in [2.75, 3.05) is 26.3 Å². The first-order chi connectivity index (χ1) is 12.0. The summed E-state index contributed by atoms with van der Waals surface area (Å²) < 4.78 is 37.5. The van der Waals surface area contributed by atoms with Crippen molar-refractivity contribution in [3.63, 3.8) is 0 Å². The Hall–Kier alpha value is -1.60. The van der Waals surface area contributed by atoms with Crippen LogP contribution in [0.3, 0.4) is 0 Å². The van der Waals surface area contributed by atoms with Gasteiger partial charge in [-0.15, -0.1) is 0 Å². The maximum Gasteiger partial charge on any atom is 0.309 e. The van der Waals surface area contributed by atoms with Crippen LogP contribution in [0.1, 0.15) is 39.5 Å². The van der Waals surface area contributed by atoms with Crippen LogP contribution in [0.25, 0.3) is 0 Å². The zero-order valence-corrected chi connectivity index (χ0v) is 15.8. The van der Waals surface area contributed by atoms with Crippen LogP contribution in [0, 0.1) is 5.92 Å². The number of carbonyl (C=O) groups excluding carboxylic acids is 1. The van der Waals surface area contributed by atoms with Gasteiger partial charge in [-0.2, -0.15) is 4.31 Å². The Morgan fingerprint density at radius 2 is 1.80 bits per heavy atom. The lowest BCUT2D eigenvalue weighted by atomic mass is 9.98. The van der Waals surface area contributed by atoms with Gasteiger partial charge in [0.25, 0.3) is 0 Å². The van der Waals surface area contributed by atoms with Crippen LogP contribution in [-0.2, 0) is 19.6 Å². The molecule has 0 bridgehead atoms. The maximum absolute atomic E-state index is 12.7. The Balaban J connectivity index is 1.96. The Bertz CT molecular complexity index is 649. The highest BCUT2D eigenvalue weighted by molar-refractivity contribution is 7.89. The van der Waals surface area contributed by atoms with E-state index in [-0.39, 0.29) is 16.8 Å². The number of hydrogen-bond donors (Lipinski definition) is 0. The number of esters is 1. The van der Waals surface area contributed by atoms with Crippen molar-refractivity contribution in [3.05, 3.63) is 24.3 Å². The topological polar surface area (TPSA) is 72.9 Å². The predicted octanol–water partition coefficient (Wildman–Crippen LogP) is 2.83. The largest absolute Gasteiger partial charge is 0.494 e. The molecule has 0 radical (unpaired) electrons. The summed E-state index contributed by atoms with van der Waals surface area (Å²) in [5.74, 6) is 0.238. The summed E-state index contributed by atoms with van der Waals surface area (Å²) in [5, 5.41) is 0. The minimum atomic E-state index is -3.54. The number of nitrogens with zero attached hydrogens (tertiary/aromatic N) is 1. The number of benzene rings is 1. The van der Waals surface area contributed by atoms with E-state index in [4.69, 9.17) is 9.47 Å². The van der Waals surface area contributed by atoms with E-state index in [0.717, 1.165) is 12.8 Å². The molecule has 0 unspecified atom stereocenters. The van der Waals surface area contributed by atoms with Gasteiger partial charge in [0, 0.05) is 13.1 Å². The van der Waals surface area contributed by atoms with Crippen LogP contribution in [0.15, 0.2) is 29.2 Å². The van der Waals surface area contributed by atoms with Crippen molar-refractivity contribution in [2.24, 2.45) is 5.92 Å². The van der Waals surface area contributed by atoms with E-state index >= 15 is 0 Å². The van der Waals surface area contributed by atoms with E-state index in [0.29, 0.717) is 44.9 Å². The van der Waals surface area contributed by atoms with Crippen LogP contribution in [0.5, 0.6) is 5.75 Å². The van der Waals surface area contributed by atoms with Crippen LogP contribution in [0.4, 0.5) is 0 Å². The quantitative estimate of drug-likeness (QED) is 0.520. The SMILES string of the molecule is CCCCOc1ccc(S(=O)(=O)N2CCC(C(=O)OCC)CC2)cc1. The molecular formula is C18H27NO5S. The zero-order chi connectivity index (χ0) is 18.3. The molecule has 6 nitrogen and oxygen atoms in total. The van der Waals surface area contributed by atoms with Crippen molar-refractivity contribution in [1.82, 2.24) is 4.31 Å². The molecule has 1 aromatic carbocycles. The summed E-state index contributed by atoms with van der Waals surface area (Å²) in [6, 6.07) is 6.53. The third-order valence-electron chi connectivity index (χ3n) is 4.30. The lowest BCUT2D eigenvalue weighted by Crippen LogP contribution is -2.40. The fraction of sp³-hybridized carbons (Fsp3) is 0.611. The highest BCUT2D eigenvalue weighted by atomic mass is 32.2. The Morgan fingerprint density at radius 3 is 2.36 bits per heavy atom. The molecule has 1 aliphatic rings. The minimum absolute atomic E-state index is 0.208. The second kappa shape index (κ2) is 9.20. The zero-order valence-electron chi connectivity index (χ0n) is 14.9. The number of rotatable bonds is 8. The lowest BCUT2D eigenvalue weighted by molar-refractivity contribution is -0.149. The monoisotopic (exact) mass is 369 g/mol. The molecule has 0 spiro atoms. The molecule has 1 aromatic rings. The molecular weight excluding hydrogens is 342 g/mol. The van der Waals surface area contributed by atoms with Gasteiger partial charge < -0.3 is 9.47 Å². The number of carbonyl (C=O) groups is 1. The normalized spacial score (nSPS) is 16.6. The number of sulfonamides is 1. The maximum atomic E-state index is 12.7. The van der Waals surface area contributed by atoms with Crippen molar-refractivity contribution in [2.45, 2.75) is 44.4 Å². The van der Waals surface area contributed by atoms with Crippen LogP contribution in [0.2, 0.25) is 0 Å². The first kappa shape index (κ1) is 19.7. The smallest absolute Gasteiger partial charge is 0.309 e. The molecule has 2 rings (SSSR count). The lowest BCUT2D eigenvalue weighted by Gasteiger charge is -2.30. The van der Waals surface area contributed by atoms with Gasteiger partial charge in [0.15, 0.2) is 0 Å². The molecule has 0 atom stereocenters. The summed E-state index contributed by atoms with van der Waals surface area (Å²) in [6.45, 7) is 5.51. The van der Waals surface area contributed by atoms with E-state index in [2.05, 4.69) is 6.92 Å². The van der Waals surface area contributed by atoms with E-state index in [1.54, 1.807) is 31.2 Å². The molecule has 140 valence electrons. The molecule has 25 heavy (non-hydrogen) atoms. The molecule has 0 N–H and O–H groups in total. The van der Waals surface area contributed by atoms with E-state index in [1.165, 1.54) is 4.31 Å². The third kappa shape index (κ3) is 5.19. The van der Waals surface area contributed by atoms with Gasteiger partial charge in [-0.05, 0) is 50.5 Å². The van der Waals surface area contributed by atoms with Gasteiger partial charge in [-0.1, -0.05) is 13.3 Å². The minimum Gasteiger partial charge on any atom is -0.494 e. The fourth-order valence-corrected chi connectivity index (χ4v) is 4.25. The number of ether oxygens (including phenoxy) is 2. The second-order valence-corrected chi connectivity index (χ2v) is 8.04. The first-order valence-electron chi connectivity index (χ1n) is 8.88. The van der Waals surface area contributed by atoms with Gasteiger partial charge in [-0.25, -0.2) is 8.42 Å². The van der Waals surface area contributed by atoms with Crippen LogP contribution >= 0.6 is 0 Å². The molecule has 1 aliphatic heterocycles. The fourth-order valence-electron chi connectivity index (χ4n) is 2.78. The van der Waals surface area contributed by atoms with Crippen molar-refractivity contribution < 1.29 is 22.7 Å². The van der Waals surface area contributed by atoms with Crippen molar-refractivity contribution in [1.29, 1.82) is 0 Å². The molecule has 7 heteroatoms. The number of unbranched alkanes of at least 4 members (excludes halogenated alkanes) is 1. The second-order valence-electron chi connectivity index (χ2n) is 6.10. The summed E-state index contributed by atoms with van der Waals surface area (Å²) in [5.41, 5.74) is 0. The van der Waals surface area contributed by atoms with E-state index < -0.39 is 10.0 Å². The van der Waals surface area contributed by atoms with Crippen LogP contribution < -0.4 is 4.74 Å². The van der Waals surface area contributed by atoms with E-state index in [1.807, 2.05) is 0 Å². The Labute approximate surface area is 150 Å². The predicted molar refractivity (Wildman–Crippen MR) is 95.0 cm³/mol. The summed E-state index contributed by atoms with van der Waals surface area (Å²) in [4.78, 5) is 12.0. The van der Waals surface area contributed by atoms with E-state index in [9.17, 15) is 13.2 Å². The number of hydrogen-bond acceptors (Lipinski definition) is 5. The van der Waals surface area contributed by atoms with Gasteiger partial charge >= 0.3 is 5.97 Å². The number of piperidine rings is 1. The molecule has 0 saturated carbocycles. The van der Waals surface area contributed by atoms with Gasteiger partial charge in [-0.3, -0.25) is 4.79 Å². The molecule has 0 amide bonds. The van der Waals surface area contributed by atoms with Gasteiger partial charge in [0.2, 0.25) is 10.0 Å². The first-order valence-corrected chi connectivity index (χ1v) is 10.3. The molecule has 1 fully saturated rings. The third-order valence-corrected chi connectivity index (χ3v) is 6.21. The van der Waals surface area contributed by atoms with Gasteiger partial charge in [0.05, 0.1) is 24.0 Å². The van der Waals surface area contributed by atoms with Crippen LogP contribution in [-0.4, -0.2) is 45.0 Å². The summed E-state index contributed by atoms with van der Waals surface area (Å²) in [6.07, 6.45) is 3.01.